The van der Waals surface area contributed by atoms with Gasteiger partial charge in [0, 0.05) is 29.2 Å². The predicted octanol–water partition coefficient (Wildman–Crippen LogP) is 3.71. The summed E-state index contributed by atoms with van der Waals surface area (Å²) >= 11 is 1.76. The number of nitrogens with zero attached hydrogens (tertiary/aromatic N) is 3. The molecule has 2 aromatic rings. The fraction of sp³-hybridized carbons (Fsp3) is 0.368. The summed E-state index contributed by atoms with van der Waals surface area (Å²) in [6, 6.07) is 13.4. The van der Waals surface area contributed by atoms with Crippen molar-refractivity contribution in [3.63, 3.8) is 0 Å². The third kappa shape index (κ3) is 3.26. The van der Waals surface area contributed by atoms with Crippen LogP contribution in [-0.4, -0.2) is 27.2 Å². The van der Waals surface area contributed by atoms with E-state index in [2.05, 4.69) is 70.3 Å². The van der Waals surface area contributed by atoms with Gasteiger partial charge in [0.1, 0.15) is 0 Å². The van der Waals surface area contributed by atoms with Gasteiger partial charge in [0.15, 0.2) is 5.17 Å². The van der Waals surface area contributed by atoms with Crippen LogP contribution in [0.2, 0.25) is 0 Å². The van der Waals surface area contributed by atoms with Crippen LogP contribution in [0.25, 0.3) is 0 Å². The Kier molecular flexibility index (Phi) is 4.19. The maximum Gasteiger partial charge on any atom is 0.177 e. The Labute approximate surface area is 147 Å². The number of hydrogen-bond donors (Lipinski definition) is 1. The summed E-state index contributed by atoms with van der Waals surface area (Å²) in [5.41, 5.74) is 9.37. The molecule has 1 fully saturated rings. The Morgan fingerprint density at radius 3 is 2.71 bits per heavy atom. The molecule has 4 nitrogen and oxygen atoms in total. The van der Waals surface area contributed by atoms with Crippen LogP contribution >= 0.6 is 11.8 Å². The molecule has 0 saturated heterocycles. The number of rotatable bonds is 4. The first kappa shape index (κ1) is 15.5. The van der Waals surface area contributed by atoms with Crippen LogP contribution in [-0.2, 0) is 6.54 Å². The zero-order valence-electron chi connectivity index (χ0n) is 14.1. The van der Waals surface area contributed by atoms with Gasteiger partial charge in [0.05, 0.1) is 11.8 Å². The standard InChI is InChI=1S/C19H22N4S/c1-13-10-17(14(2)23(13)11-15-6-4-3-5-7-15)18-12-24-19(22-21-18)20-16-8-9-16/h3-7,10,16H,8-9,11-12H2,1-2H3,(H,20,22). The van der Waals surface area contributed by atoms with Crippen LogP contribution in [0.1, 0.15) is 35.4 Å². The maximum absolute atomic E-state index is 4.63. The minimum Gasteiger partial charge on any atom is -0.344 e. The highest BCUT2D eigenvalue weighted by atomic mass is 32.2. The van der Waals surface area contributed by atoms with Crippen molar-refractivity contribution in [3.8, 4) is 0 Å². The molecule has 0 spiro atoms. The zero-order valence-corrected chi connectivity index (χ0v) is 14.9. The van der Waals surface area contributed by atoms with Gasteiger partial charge in [-0.2, -0.15) is 5.10 Å². The summed E-state index contributed by atoms with van der Waals surface area (Å²) in [4.78, 5) is 4.63. The second-order valence-electron chi connectivity index (χ2n) is 6.48. The molecule has 1 N–H and O–H groups in total. The number of hydrazone groups is 1. The summed E-state index contributed by atoms with van der Waals surface area (Å²) in [5, 5.41) is 5.56. The van der Waals surface area contributed by atoms with E-state index in [0.29, 0.717) is 6.04 Å². The Balaban J connectivity index is 1.56. The second-order valence-corrected chi connectivity index (χ2v) is 7.44. The van der Waals surface area contributed by atoms with Crippen LogP contribution in [0.15, 0.2) is 46.5 Å². The fourth-order valence-corrected chi connectivity index (χ4v) is 3.82. The molecule has 124 valence electrons. The summed E-state index contributed by atoms with van der Waals surface area (Å²) in [6.45, 7) is 5.26. The van der Waals surface area contributed by atoms with Gasteiger partial charge < -0.3 is 4.57 Å². The van der Waals surface area contributed by atoms with Gasteiger partial charge in [-0.25, -0.2) is 0 Å². The fourth-order valence-electron chi connectivity index (χ4n) is 2.99. The molecule has 4 rings (SSSR count). The van der Waals surface area contributed by atoms with E-state index in [1.165, 1.54) is 35.4 Å². The van der Waals surface area contributed by atoms with E-state index >= 15 is 0 Å². The molecule has 24 heavy (non-hydrogen) atoms. The summed E-state index contributed by atoms with van der Waals surface area (Å²) in [6.07, 6.45) is 2.45. The summed E-state index contributed by atoms with van der Waals surface area (Å²) in [5.74, 6) is 0.883. The van der Waals surface area contributed by atoms with Gasteiger partial charge in [0.25, 0.3) is 0 Å². The Morgan fingerprint density at radius 1 is 1.25 bits per heavy atom. The lowest BCUT2D eigenvalue weighted by Crippen LogP contribution is -2.26. The smallest absolute Gasteiger partial charge is 0.177 e. The van der Waals surface area contributed by atoms with Crippen molar-refractivity contribution in [2.45, 2.75) is 39.3 Å². The van der Waals surface area contributed by atoms with Crippen LogP contribution in [0.5, 0.6) is 0 Å². The number of hydrogen-bond acceptors (Lipinski definition) is 3. The molecular weight excluding hydrogens is 316 g/mol. The van der Waals surface area contributed by atoms with E-state index in [1.54, 1.807) is 11.8 Å². The Morgan fingerprint density at radius 2 is 2.04 bits per heavy atom. The van der Waals surface area contributed by atoms with E-state index in [9.17, 15) is 0 Å². The number of aryl methyl sites for hydroxylation is 1. The largest absolute Gasteiger partial charge is 0.344 e. The van der Waals surface area contributed by atoms with Gasteiger partial charge in [0.2, 0.25) is 0 Å². The second kappa shape index (κ2) is 6.48. The van der Waals surface area contributed by atoms with Crippen molar-refractivity contribution in [1.82, 2.24) is 9.99 Å². The van der Waals surface area contributed by atoms with E-state index in [0.717, 1.165) is 23.2 Å². The molecule has 2 aliphatic rings. The highest BCUT2D eigenvalue weighted by molar-refractivity contribution is 8.14. The molecule has 0 unspecified atom stereocenters. The average Bonchev–Trinajstić information content (AvgIpc) is 3.38. The molecule has 1 aliphatic carbocycles. The number of aromatic nitrogens is 1. The zero-order chi connectivity index (χ0) is 16.5. The SMILES string of the molecule is Cc1cc(C2=NNC(=NC3CC3)SC2)c(C)n1Cc1ccccc1. The molecule has 0 bridgehead atoms. The minimum absolute atomic E-state index is 0.535. The molecule has 0 amide bonds. The van der Waals surface area contributed by atoms with Crippen molar-refractivity contribution in [2.24, 2.45) is 10.1 Å². The van der Waals surface area contributed by atoms with Gasteiger partial charge in [-0.05, 0) is 38.3 Å². The predicted molar refractivity (Wildman–Crippen MR) is 102 cm³/mol. The molecule has 0 atom stereocenters. The first-order valence-corrected chi connectivity index (χ1v) is 9.43. The lowest BCUT2D eigenvalue weighted by atomic mass is 10.1. The van der Waals surface area contributed by atoms with Crippen LogP contribution in [0.3, 0.4) is 0 Å². The minimum atomic E-state index is 0.535. The van der Waals surface area contributed by atoms with E-state index in [1.807, 2.05) is 0 Å². The van der Waals surface area contributed by atoms with Crippen molar-refractivity contribution >= 4 is 22.6 Å². The van der Waals surface area contributed by atoms with Crippen LogP contribution in [0, 0.1) is 13.8 Å². The number of aliphatic imine (C=N–C) groups is 1. The van der Waals surface area contributed by atoms with Gasteiger partial charge >= 0.3 is 0 Å². The lowest BCUT2D eigenvalue weighted by molar-refractivity contribution is 0.749. The van der Waals surface area contributed by atoms with Crippen molar-refractivity contribution < 1.29 is 0 Å². The highest BCUT2D eigenvalue weighted by Crippen LogP contribution is 2.26. The molecule has 2 heterocycles. The van der Waals surface area contributed by atoms with Crippen LogP contribution < -0.4 is 5.43 Å². The summed E-state index contributed by atoms with van der Waals surface area (Å²) in [7, 11) is 0. The molecule has 1 aromatic carbocycles. The van der Waals surface area contributed by atoms with Crippen molar-refractivity contribution in [2.75, 3.05) is 5.75 Å². The Hall–Kier alpha value is -2.01. The first-order chi connectivity index (χ1) is 11.7. The van der Waals surface area contributed by atoms with Crippen molar-refractivity contribution in [3.05, 3.63) is 58.9 Å². The summed E-state index contributed by atoms with van der Waals surface area (Å²) < 4.78 is 2.37. The molecular formula is C19H22N4S. The van der Waals surface area contributed by atoms with Crippen LogP contribution in [0.4, 0.5) is 0 Å². The number of benzene rings is 1. The lowest BCUT2D eigenvalue weighted by Gasteiger charge is -2.15. The number of nitrogens with one attached hydrogen (secondary N) is 1. The van der Waals surface area contributed by atoms with E-state index in [-0.39, 0.29) is 0 Å². The van der Waals surface area contributed by atoms with E-state index in [4.69, 9.17) is 0 Å². The van der Waals surface area contributed by atoms with E-state index < -0.39 is 0 Å². The highest BCUT2D eigenvalue weighted by Gasteiger charge is 2.23. The molecule has 1 saturated carbocycles. The Bertz CT molecular complexity index is 800. The quantitative estimate of drug-likeness (QED) is 0.923. The average molecular weight is 338 g/mol. The topological polar surface area (TPSA) is 41.7 Å². The maximum atomic E-state index is 4.63. The molecule has 5 heteroatoms. The van der Waals surface area contributed by atoms with Crippen molar-refractivity contribution in [1.29, 1.82) is 0 Å². The molecule has 1 aliphatic heterocycles. The number of amidine groups is 1. The normalized spacial score (nSPS) is 19.2. The monoisotopic (exact) mass is 338 g/mol. The molecule has 0 radical (unpaired) electrons. The third-order valence-corrected chi connectivity index (χ3v) is 5.43. The molecule has 1 aromatic heterocycles. The third-order valence-electron chi connectivity index (χ3n) is 4.55. The number of thioether (sulfide) groups is 1. The van der Waals surface area contributed by atoms with Gasteiger partial charge in [-0.15, -0.1) is 0 Å². The first-order valence-electron chi connectivity index (χ1n) is 8.45. The van der Waals surface area contributed by atoms with Gasteiger partial charge in [-0.3, -0.25) is 10.4 Å². The van der Waals surface area contributed by atoms with Gasteiger partial charge in [-0.1, -0.05) is 42.1 Å².